The zero-order chi connectivity index (χ0) is 8.48. The lowest BCUT2D eigenvalue weighted by Gasteiger charge is -2.23. The maximum atomic E-state index is 9.48. The number of ether oxygens (including phenoxy) is 1. The van der Waals surface area contributed by atoms with Crippen molar-refractivity contribution in [3.8, 4) is 12.3 Å². The van der Waals surface area contributed by atoms with Gasteiger partial charge in [0, 0.05) is 6.42 Å². The third kappa shape index (κ3) is 1.12. The van der Waals surface area contributed by atoms with E-state index in [1.807, 2.05) is 6.92 Å². The topological polar surface area (TPSA) is 29.5 Å². The lowest BCUT2D eigenvalue weighted by molar-refractivity contribution is 0.00290. The first-order valence-corrected chi connectivity index (χ1v) is 3.67. The maximum Gasteiger partial charge on any atom is 0.194 e. The van der Waals surface area contributed by atoms with E-state index in [-0.39, 0.29) is 0 Å². The first-order chi connectivity index (χ1) is 5.14. The molecular weight excluding hydrogens is 140 g/mol. The second-order valence-electron chi connectivity index (χ2n) is 2.75. The van der Waals surface area contributed by atoms with Gasteiger partial charge in [-0.25, -0.2) is 0 Å². The van der Waals surface area contributed by atoms with Crippen LogP contribution in [0.2, 0.25) is 0 Å². The van der Waals surface area contributed by atoms with Crippen molar-refractivity contribution in [2.75, 3.05) is 0 Å². The third-order valence-corrected chi connectivity index (χ3v) is 2.06. The molecule has 0 bridgehead atoms. The molecule has 1 N–H and O–H groups in total. The normalized spacial score (nSPS) is 36.5. The summed E-state index contributed by atoms with van der Waals surface area (Å²) in [5.41, 5.74) is -0.808. The van der Waals surface area contributed by atoms with Crippen LogP contribution in [0, 0.1) is 12.3 Å². The van der Waals surface area contributed by atoms with E-state index in [0.717, 1.165) is 0 Å². The van der Waals surface area contributed by atoms with Gasteiger partial charge in [0.05, 0.1) is 5.76 Å². The zero-order valence-corrected chi connectivity index (χ0v) is 6.63. The highest BCUT2D eigenvalue weighted by Crippen LogP contribution is 2.34. The molecule has 0 aromatic heterocycles. The molecule has 1 aliphatic heterocycles. The van der Waals surface area contributed by atoms with Crippen molar-refractivity contribution in [1.82, 2.24) is 0 Å². The number of aliphatic hydroxyl groups excluding tert-OH is 1. The molecule has 0 spiro atoms. The van der Waals surface area contributed by atoms with Crippen LogP contribution in [0.4, 0.5) is 0 Å². The lowest BCUT2D eigenvalue weighted by Crippen LogP contribution is -2.36. The van der Waals surface area contributed by atoms with Crippen molar-refractivity contribution in [3.05, 3.63) is 12.3 Å². The van der Waals surface area contributed by atoms with Crippen LogP contribution in [0.15, 0.2) is 12.3 Å². The highest BCUT2D eigenvalue weighted by molar-refractivity contribution is 5.19. The summed E-state index contributed by atoms with van der Waals surface area (Å²) in [5, 5.41) is 9.48. The smallest absolute Gasteiger partial charge is 0.194 e. The van der Waals surface area contributed by atoms with Gasteiger partial charge < -0.3 is 9.84 Å². The Kier molecular flexibility index (Phi) is 1.92. The molecule has 0 aromatic rings. The summed E-state index contributed by atoms with van der Waals surface area (Å²) in [4.78, 5) is 0. The number of hydrogen-bond donors (Lipinski definition) is 1. The average molecular weight is 152 g/mol. The van der Waals surface area contributed by atoms with Gasteiger partial charge in [-0.3, -0.25) is 0 Å². The molecule has 2 atom stereocenters. The molecule has 1 saturated heterocycles. The fourth-order valence-corrected chi connectivity index (χ4v) is 1.28. The molecule has 11 heavy (non-hydrogen) atoms. The van der Waals surface area contributed by atoms with Crippen LogP contribution >= 0.6 is 0 Å². The molecule has 1 aliphatic rings. The van der Waals surface area contributed by atoms with E-state index in [4.69, 9.17) is 11.2 Å². The van der Waals surface area contributed by atoms with E-state index in [9.17, 15) is 5.11 Å². The van der Waals surface area contributed by atoms with Gasteiger partial charge >= 0.3 is 0 Å². The molecule has 0 unspecified atom stereocenters. The van der Waals surface area contributed by atoms with Gasteiger partial charge in [0.2, 0.25) is 0 Å². The van der Waals surface area contributed by atoms with E-state index in [1.165, 1.54) is 0 Å². The Balaban J connectivity index is 2.86. The van der Waals surface area contributed by atoms with Crippen LogP contribution < -0.4 is 0 Å². The van der Waals surface area contributed by atoms with Gasteiger partial charge in [0.15, 0.2) is 5.60 Å². The van der Waals surface area contributed by atoms with Crippen molar-refractivity contribution in [3.63, 3.8) is 0 Å². The van der Waals surface area contributed by atoms with Gasteiger partial charge in [-0.2, -0.15) is 0 Å². The quantitative estimate of drug-likeness (QED) is 0.569. The number of hydrogen-bond acceptors (Lipinski definition) is 2. The Bertz CT molecular complexity index is 214. The summed E-state index contributed by atoms with van der Waals surface area (Å²) in [6, 6.07) is 0. The van der Waals surface area contributed by atoms with Crippen LogP contribution in [-0.4, -0.2) is 16.8 Å². The Morgan fingerprint density at radius 2 is 2.64 bits per heavy atom. The number of terminal acetylenes is 1. The molecule has 0 aromatic carbocycles. The van der Waals surface area contributed by atoms with E-state index < -0.39 is 11.7 Å². The summed E-state index contributed by atoms with van der Waals surface area (Å²) in [6.07, 6.45) is 5.73. The SMILES string of the molecule is C#C[C@]1(CC)OC(=C)C[C@@H]1O. The van der Waals surface area contributed by atoms with Crippen LogP contribution in [0.5, 0.6) is 0 Å². The first-order valence-electron chi connectivity index (χ1n) is 3.67. The molecule has 0 aliphatic carbocycles. The van der Waals surface area contributed by atoms with Gasteiger partial charge in [-0.15, -0.1) is 6.42 Å². The van der Waals surface area contributed by atoms with Crippen molar-refractivity contribution >= 4 is 0 Å². The molecular formula is C9H12O2. The minimum Gasteiger partial charge on any atom is -0.477 e. The highest BCUT2D eigenvalue weighted by atomic mass is 16.5. The summed E-state index contributed by atoms with van der Waals surface area (Å²) < 4.78 is 5.28. The predicted octanol–water partition coefficient (Wildman–Crippen LogP) is 1.06. The lowest BCUT2D eigenvalue weighted by atomic mass is 9.95. The van der Waals surface area contributed by atoms with Gasteiger partial charge in [0.1, 0.15) is 6.10 Å². The van der Waals surface area contributed by atoms with Crippen LogP contribution in [0.1, 0.15) is 19.8 Å². The zero-order valence-electron chi connectivity index (χ0n) is 6.63. The molecule has 0 saturated carbocycles. The van der Waals surface area contributed by atoms with E-state index in [2.05, 4.69) is 12.5 Å². The largest absolute Gasteiger partial charge is 0.477 e. The average Bonchev–Trinajstić information content (AvgIpc) is 2.27. The minimum absolute atomic E-state index is 0.456. The molecule has 1 rings (SSSR count). The molecule has 1 heterocycles. The monoisotopic (exact) mass is 152 g/mol. The Morgan fingerprint density at radius 1 is 2.00 bits per heavy atom. The van der Waals surface area contributed by atoms with Crippen molar-refractivity contribution in [1.29, 1.82) is 0 Å². The molecule has 0 radical (unpaired) electrons. The Morgan fingerprint density at radius 3 is 2.82 bits per heavy atom. The third-order valence-electron chi connectivity index (χ3n) is 2.06. The van der Waals surface area contributed by atoms with Crippen LogP contribution in [-0.2, 0) is 4.74 Å². The van der Waals surface area contributed by atoms with Gasteiger partial charge in [0.25, 0.3) is 0 Å². The van der Waals surface area contributed by atoms with E-state index >= 15 is 0 Å². The fraction of sp³-hybridized carbons (Fsp3) is 0.556. The van der Waals surface area contributed by atoms with Gasteiger partial charge in [-0.05, 0) is 6.42 Å². The van der Waals surface area contributed by atoms with E-state index in [1.54, 1.807) is 0 Å². The van der Waals surface area contributed by atoms with E-state index in [0.29, 0.717) is 18.6 Å². The summed E-state index contributed by atoms with van der Waals surface area (Å²) in [6.45, 7) is 5.51. The van der Waals surface area contributed by atoms with Crippen molar-refractivity contribution < 1.29 is 9.84 Å². The predicted molar refractivity (Wildman–Crippen MR) is 42.7 cm³/mol. The highest BCUT2D eigenvalue weighted by Gasteiger charge is 2.43. The summed E-state index contributed by atoms with van der Waals surface area (Å²) in [5.74, 6) is 3.06. The first kappa shape index (κ1) is 8.16. The maximum absolute atomic E-state index is 9.48. The number of aliphatic hydroxyl groups is 1. The van der Waals surface area contributed by atoms with Crippen molar-refractivity contribution in [2.24, 2.45) is 0 Å². The number of rotatable bonds is 1. The Labute approximate surface area is 66.9 Å². The molecule has 2 heteroatoms. The summed E-state index contributed by atoms with van der Waals surface area (Å²) >= 11 is 0. The fourth-order valence-electron chi connectivity index (χ4n) is 1.28. The molecule has 60 valence electrons. The van der Waals surface area contributed by atoms with Crippen molar-refractivity contribution in [2.45, 2.75) is 31.5 Å². The Hall–Kier alpha value is -0.940. The summed E-state index contributed by atoms with van der Waals surface area (Å²) in [7, 11) is 0. The van der Waals surface area contributed by atoms with Crippen LogP contribution in [0.3, 0.4) is 0 Å². The molecule has 1 fully saturated rings. The standard InChI is InChI=1S/C9H12O2/c1-4-9(5-2)8(10)6-7(3)11-9/h1,8,10H,3,5-6H2,2H3/t8-,9+/m0/s1. The molecule has 2 nitrogen and oxygen atoms in total. The molecule has 0 amide bonds. The van der Waals surface area contributed by atoms with Crippen LogP contribution in [0.25, 0.3) is 0 Å². The second-order valence-corrected chi connectivity index (χ2v) is 2.75. The van der Waals surface area contributed by atoms with Gasteiger partial charge in [-0.1, -0.05) is 19.4 Å². The minimum atomic E-state index is -0.808. The second kappa shape index (κ2) is 2.60.